The van der Waals surface area contributed by atoms with Gasteiger partial charge in [0.05, 0.1) is 11.3 Å². The Morgan fingerprint density at radius 1 is 1.06 bits per heavy atom. The van der Waals surface area contributed by atoms with Crippen molar-refractivity contribution in [3.05, 3.63) is 65.0 Å². The summed E-state index contributed by atoms with van der Waals surface area (Å²) in [6.07, 6.45) is 0. The third-order valence-electron chi connectivity index (χ3n) is 4.81. The van der Waals surface area contributed by atoms with Gasteiger partial charge in [0.25, 0.3) is 5.91 Å². The van der Waals surface area contributed by atoms with Crippen LogP contribution in [-0.2, 0) is 4.74 Å². The van der Waals surface area contributed by atoms with E-state index in [1.165, 1.54) is 0 Å². The summed E-state index contributed by atoms with van der Waals surface area (Å²) in [5.41, 5.74) is 8.22. The predicted octanol–water partition coefficient (Wildman–Crippen LogP) is 4.14. The Bertz CT molecular complexity index is 1020. The molecule has 0 spiro atoms. The van der Waals surface area contributed by atoms with Crippen LogP contribution in [0.2, 0.25) is 0 Å². The number of anilines is 2. The number of nitrogens with zero attached hydrogens (tertiary/aromatic N) is 2. The van der Waals surface area contributed by atoms with Crippen LogP contribution in [0, 0.1) is 0 Å². The molecule has 3 N–H and O–H groups in total. The van der Waals surface area contributed by atoms with Gasteiger partial charge in [0.1, 0.15) is 11.5 Å². The number of carbonyl (C=O) groups excluding carboxylic acids is 2. The molecule has 8 heteroatoms. The molecule has 1 heterocycles. The summed E-state index contributed by atoms with van der Waals surface area (Å²) in [5, 5.41) is 3.16. The molecular formula is C23H26N4O3S. The summed E-state index contributed by atoms with van der Waals surface area (Å²) >= 11 is 1.14. The lowest BCUT2D eigenvalue weighted by Crippen LogP contribution is -2.27. The number of ether oxygens (including phenoxy) is 1. The normalized spacial score (nSPS) is 10.8. The van der Waals surface area contributed by atoms with Crippen molar-refractivity contribution in [3.63, 3.8) is 0 Å². The highest BCUT2D eigenvalue weighted by atomic mass is 32.1. The summed E-state index contributed by atoms with van der Waals surface area (Å²) in [6.45, 7) is 7.02. The quantitative estimate of drug-likeness (QED) is 0.487. The smallest absolute Gasteiger partial charge is 0.338 e. The third kappa shape index (κ3) is 5.90. The van der Waals surface area contributed by atoms with E-state index in [2.05, 4.69) is 29.0 Å². The van der Waals surface area contributed by atoms with Gasteiger partial charge in [0.2, 0.25) is 0 Å². The molecule has 0 saturated carbocycles. The van der Waals surface area contributed by atoms with Crippen LogP contribution in [0.25, 0.3) is 11.3 Å². The standard InChI is InChI=1S/C23H26N4O3S/c1-3-27(4-2)14-15-30-22(29)17-10-12-18(13-11-17)25-21(28)20-19(26-23(24)31-20)16-8-6-5-7-9-16/h5-13H,3-4,14-15H2,1-2H3,(H2,24,26)(H,25,28). The Kier molecular flexibility index (Phi) is 7.75. The van der Waals surface area contributed by atoms with Gasteiger partial charge in [0, 0.05) is 17.8 Å². The number of aromatic nitrogens is 1. The van der Waals surface area contributed by atoms with E-state index < -0.39 is 0 Å². The van der Waals surface area contributed by atoms with E-state index in [-0.39, 0.29) is 11.9 Å². The van der Waals surface area contributed by atoms with Gasteiger partial charge < -0.3 is 20.7 Å². The zero-order valence-electron chi connectivity index (χ0n) is 17.6. The molecule has 0 radical (unpaired) electrons. The van der Waals surface area contributed by atoms with Gasteiger partial charge >= 0.3 is 5.97 Å². The monoisotopic (exact) mass is 438 g/mol. The van der Waals surface area contributed by atoms with Gasteiger partial charge in [-0.2, -0.15) is 0 Å². The molecular weight excluding hydrogens is 412 g/mol. The number of nitrogens with one attached hydrogen (secondary N) is 1. The summed E-state index contributed by atoms with van der Waals surface area (Å²) in [6, 6.07) is 16.0. The highest BCUT2D eigenvalue weighted by Gasteiger charge is 2.19. The highest BCUT2D eigenvalue weighted by molar-refractivity contribution is 7.17. The fourth-order valence-corrected chi connectivity index (χ4v) is 3.80. The van der Waals surface area contributed by atoms with Crippen molar-refractivity contribution in [2.45, 2.75) is 13.8 Å². The summed E-state index contributed by atoms with van der Waals surface area (Å²) in [4.78, 5) is 31.9. The molecule has 0 unspecified atom stereocenters. The second-order valence-corrected chi connectivity index (χ2v) is 7.82. The average Bonchev–Trinajstić information content (AvgIpc) is 3.19. The number of nitrogens with two attached hydrogens (primary N) is 1. The maximum atomic E-state index is 12.8. The molecule has 0 aliphatic carbocycles. The molecule has 0 bridgehead atoms. The minimum Gasteiger partial charge on any atom is -0.461 e. The predicted molar refractivity (Wildman–Crippen MR) is 124 cm³/mol. The van der Waals surface area contributed by atoms with Crippen molar-refractivity contribution in [2.75, 3.05) is 37.3 Å². The Hall–Kier alpha value is -3.23. The number of nitrogen functional groups attached to an aromatic ring is 1. The Morgan fingerprint density at radius 3 is 2.39 bits per heavy atom. The molecule has 0 fully saturated rings. The van der Waals surface area contributed by atoms with Crippen molar-refractivity contribution < 1.29 is 14.3 Å². The molecule has 2 aromatic carbocycles. The van der Waals surface area contributed by atoms with Crippen LogP contribution in [0.15, 0.2) is 54.6 Å². The van der Waals surface area contributed by atoms with Crippen LogP contribution >= 0.6 is 11.3 Å². The molecule has 1 aromatic heterocycles. The van der Waals surface area contributed by atoms with E-state index in [1.54, 1.807) is 24.3 Å². The first-order valence-electron chi connectivity index (χ1n) is 10.1. The lowest BCUT2D eigenvalue weighted by Gasteiger charge is -2.17. The first kappa shape index (κ1) is 22.5. The molecule has 0 aliphatic rings. The number of rotatable bonds is 9. The number of esters is 1. The summed E-state index contributed by atoms with van der Waals surface area (Å²) in [7, 11) is 0. The van der Waals surface area contributed by atoms with E-state index in [4.69, 9.17) is 10.5 Å². The Balaban J connectivity index is 1.63. The van der Waals surface area contributed by atoms with Gasteiger partial charge in [-0.3, -0.25) is 4.79 Å². The topological polar surface area (TPSA) is 97.5 Å². The SMILES string of the molecule is CCN(CC)CCOC(=O)c1ccc(NC(=O)c2sc(N)nc2-c2ccccc2)cc1. The largest absolute Gasteiger partial charge is 0.461 e. The van der Waals surface area contributed by atoms with E-state index in [0.29, 0.717) is 40.1 Å². The number of carbonyl (C=O) groups is 2. The van der Waals surface area contributed by atoms with Crippen molar-refractivity contribution in [1.82, 2.24) is 9.88 Å². The Morgan fingerprint density at radius 2 is 1.74 bits per heavy atom. The maximum absolute atomic E-state index is 12.8. The minimum atomic E-state index is -0.383. The van der Waals surface area contributed by atoms with Crippen LogP contribution in [0.4, 0.5) is 10.8 Å². The second kappa shape index (κ2) is 10.7. The molecule has 0 atom stereocenters. The van der Waals surface area contributed by atoms with Crippen molar-refractivity contribution in [2.24, 2.45) is 0 Å². The fraction of sp³-hybridized carbons (Fsp3) is 0.261. The van der Waals surface area contributed by atoms with Crippen LogP contribution in [0.1, 0.15) is 33.9 Å². The van der Waals surface area contributed by atoms with Crippen molar-refractivity contribution in [1.29, 1.82) is 0 Å². The van der Waals surface area contributed by atoms with Gasteiger partial charge in [-0.25, -0.2) is 9.78 Å². The average molecular weight is 439 g/mol. The zero-order valence-corrected chi connectivity index (χ0v) is 18.4. The zero-order chi connectivity index (χ0) is 22.2. The highest BCUT2D eigenvalue weighted by Crippen LogP contribution is 2.30. The first-order chi connectivity index (χ1) is 15.0. The molecule has 1 amide bonds. The number of hydrogen-bond donors (Lipinski definition) is 2. The second-order valence-electron chi connectivity index (χ2n) is 6.79. The van der Waals surface area contributed by atoms with Crippen LogP contribution in [0.5, 0.6) is 0 Å². The lowest BCUT2D eigenvalue weighted by molar-refractivity contribution is 0.0466. The third-order valence-corrected chi connectivity index (χ3v) is 5.69. The molecule has 3 aromatic rings. The summed E-state index contributed by atoms with van der Waals surface area (Å²) < 4.78 is 5.33. The Labute approximate surface area is 185 Å². The minimum absolute atomic E-state index is 0.303. The maximum Gasteiger partial charge on any atom is 0.338 e. The lowest BCUT2D eigenvalue weighted by atomic mass is 10.1. The van der Waals surface area contributed by atoms with Gasteiger partial charge in [-0.15, -0.1) is 0 Å². The molecule has 0 saturated heterocycles. The van der Waals surface area contributed by atoms with Gasteiger partial charge in [-0.05, 0) is 37.4 Å². The molecule has 31 heavy (non-hydrogen) atoms. The van der Waals surface area contributed by atoms with Crippen LogP contribution in [-0.4, -0.2) is 48.0 Å². The van der Waals surface area contributed by atoms with Gasteiger partial charge in [-0.1, -0.05) is 55.5 Å². The van der Waals surface area contributed by atoms with E-state index in [9.17, 15) is 9.59 Å². The van der Waals surface area contributed by atoms with Crippen LogP contribution in [0.3, 0.4) is 0 Å². The number of hydrogen-bond acceptors (Lipinski definition) is 7. The molecule has 162 valence electrons. The van der Waals surface area contributed by atoms with E-state index in [0.717, 1.165) is 30.0 Å². The fourth-order valence-electron chi connectivity index (χ4n) is 3.05. The number of thiazole rings is 1. The molecule has 0 aliphatic heterocycles. The molecule has 7 nitrogen and oxygen atoms in total. The van der Waals surface area contributed by atoms with Crippen molar-refractivity contribution in [3.8, 4) is 11.3 Å². The van der Waals surface area contributed by atoms with E-state index in [1.807, 2.05) is 30.3 Å². The van der Waals surface area contributed by atoms with E-state index >= 15 is 0 Å². The number of benzene rings is 2. The van der Waals surface area contributed by atoms with Gasteiger partial charge in [0.15, 0.2) is 5.13 Å². The summed E-state index contributed by atoms with van der Waals surface area (Å²) in [5.74, 6) is -0.686. The number of amides is 1. The number of likely N-dealkylation sites (N-methyl/N-ethyl adjacent to an activating group) is 1. The molecule has 3 rings (SSSR count). The first-order valence-corrected chi connectivity index (χ1v) is 11.0. The van der Waals surface area contributed by atoms with Crippen molar-refractivity contribution >= 4 is 34.0 Å². The van der Waals surface area contributed by atoms with Crippen LogP contribution < -0.4 is 11.1 Å².